The summed E-state index contributed by atoms with van der Waals surface area (Å²) in [5.74, 6) is -0.678. The van der Waals surface area contributed by atoms with Crippen LogP contribution < -0.4 is 9.64 Å². The summed E-state index contributed by atoms with van der Waals surface area (Å²) in [7, 11) is 1.53. The Morgan fingerprint density at radius 3 is 2.48 bits per heavy atom. The van der Waals surface area contributed by atoms with Gasteiger partial charge in [-0.1, -0.05) is 6.07 Å². The summed E-state index contributed by atoms with van der Waals surface area (Å²) in [4.78, 5) is 46.2. The fraction of sp³-hybridized carbons (Fsp3) is 0.160. The number of pyridine rings is 1. The number of nitrogens with zero attached hydrogens (tertiary/aromatic N) is 4. The molecule has 2 heterocycles. The molecule has 4 rings (SSSR count). The van der Waals surface area contributed by atoms with Crippen LogP contribution in [0.3, 0.4) is 0 Å². The van der Waals surface area contributed by atoms with Gasteiger partial charge in [-0.2, -0.15) is 5.26 Å². The zero-order chi connectivity index (χ0) is 23.4. The van der Waals surface area contributed by atoms with Gasteiger partial charge in [0, 0.05) is 24.5 Å². The number of carbonyl (C=O) groups is 3. The number of carbonyl (C=O) groups excluding carboxylic acids is 3. The standard InChI is InChI=1S/C25H20N4O4/c1-33-21-10-6-19(7-11-21)24(31)28(16-18-3-2-12-27-15-18)22-13-23(30)29(25(22)32)20-8-4-17(14-26)5-9-20/h2-12,15,22H,13,16H2,1H3. The van der Waals surface area contributed by atoms with Crippen molar-refractivity contribution >= 4 is 23.4 Å². The summed E-state index contributed by atoms with van der Waals surface area (Å²) in [6.07, 6.45) is 3.10. The highest BCUT2D eigenvalue weighted by atomic mass is 16.5. The van der Waals surface area contributed by atoms with Crippen molar-refractivity contribution in [2.24, 2.45) is 0 Å². The number of rotatable bonds is 6. The van der Waals surface area contributed by atoms with E-state index in [0.29, 0.717) is 22.6 Å². The van der Waals surface area contributed by atoms with E-state index in [1.165, 1.54) is 12.0 Å². The van der Waals surface area contributed by atoms with Gasteiger partial charge >= 0.3 is 0 Å². The molecule has 0 bridgehead atoms. The number of benzene rings is 2. The van der Waals surface area contributed by atoms with Crippen molar-refractivity contribution in [2.75, 3.05) is 12.0 Å². The normalized spacial score (nSPS) is 15.3. The zero-order valence-electron chi connectivity index (χ0n) is 17.8. The van der Waals surface area contributed by atoms with Crippen molar-refractivity contribution in [3.8, 4) is 11.8 Å². The van der Waals surface area contributed by atoms with Crippen LogP contribution in [-0.4, -0.2) is 40.8 Å². The molecular weight excluding hydrogens is 420 g/mol. The SMILES string of the molecule is COc1ccc(C(=O)N(Cc2cccnc2)C2CC(=O)N(c3ccc(C#N)cc3)C2=O)cc1. The molecule has 0 saturated carbocycles. The van der Waals surface area contributed by atoms with Crippen molar-refractivity contribution in [2.45, 2.75) is 19.0 Å². The quantitative estimate of drug-likeness (QED) is 0.546. The van der Waals surface area contributed by atoms with Crippen LogP contribution >= 0.6 is 0 Å². The van der Waals surface area contributed by atoms with Gasteiger partial charge in [-0.15, -0.1) is 0 Å². The Kier molecular flexibility index (Phi) is 6.13. The number of ether oxygens (including phenoxy) is 1. The summed E-state index contributed by atoms with van der Waals surface area (Å²) in [6.45, 7) is 0.115. The minimum absolute atomic E-state index is 0.115. The van der Waals surface area contributed by atoms with Crippen LogP contribution in [0.5, 0.6) is 5.75 Å². The van der Waals surface area contributed by atoms with Crippen molar-refractivity contribution in [1.82, 2.24) is 9.88 Å². The predicted molar refractivity (Wildman–Crippen MR) is 119 cm³/mol. The first-order chi connectivity index (χ1) is 16.0. The summed E-state index contributed by atoms with van der Waals surface area (Å²) in [5.41, 5.74) is 1.89. The average Bonchev–Trinajstić information content (AvgIpc) is 3.16. The van der Waals surface area contributed by atoms with Crippen LogP contribution in [0.25, 0.3) is 0 Å². The molecule has 8 heteroatoms. The topological polar surface area (TPSA) is 104 Å². The summed E-state index contributed by atoms with van der Waals surface area (Å²) in [5, 5.41) is 9.00. The van der Waals surface area contributed by atoms with Gasteiger partial charge in [0.05, 0.1) is 30.9 Å². The van der Waals surface area contributed by atoms with Crippen LogP contribution in [-0.2, 0) is 16.1 Å². The third-order valence-corrected chi connectivity index (χ3v) is 5.43. The monoisotopic (exact) mass is 440 g/mol. The largest absolute Gasteiger partial charge is 0.497 e. The smallest absolute Gasteiger partial charge is 0.257 e. The van der Waals surface area contributed by atoms with Gasteiger partial charge < -0.3 is 9.64 Å². The van der Waals surface area contributed by atoms with Crippen LogP contribution in [0, 0.1) is 11.3 Å². The van der Waals surface area contributed by atoms with Crippen LogP contribution in [0.4, 0.5) is 5.69 Å². The molecule has 1 saturated heterocycles. The molecular formula is C25H20N4O4. The Morgan fingerprint density at radius 2 is 1.88 bits per heavy atom. The van der Waals surface area contributed by atoms with Crippen molar-refractivity contribution in [1.29, 1.82) is 5.26 Å². The van der Waals surface area contributed by atoms with E-state index < -0.39 is 17.9 Å². The zero-order valence-corrected chi connectivity index (χ0v) is 17.8. The lowest BCUT2D eigenvalue weighted by atomic mass is 10.1. The van der Waals surface area contributed by atoms with Crippen molar-refractivity contribution < 1.29 is 19.1 Å². The van der Waals surface area contributed by atoms with Gasteiger partial charge in [-0.3, -0.25) is 19.4 Å². The molecule has 1 aliphatic rings. The molecule has 0 radical (unpaired) electrons. The summed E-state index contributed by atoms with van der Waals surface area (Å²) in [6, 6.07) is 17.3. The Bertz CT molecular complexity index is 1220. The predicted octanol–water partition coefficient (Wildman–Crippen LogP) is 2.94. The minimum atomic E-state index is -0.969. The third kappa shape index (κ3) is 4.43. The van der Waals surface area contributed by atoms with Crippen LogP contribution in [0.15, 0.2) is 73.1 Å². The second-order valence-electron chi connectivity index (χ2n) is 7.47. The Hall–Kier alpha value is -4.51. The molecule has 1 aliphatic heterocycles. The maximum atomic E-state index is 13.5. The first-order valence-electron chi connectivity index (χ1n) is 10.2. The molecule has 1 fully saturated rings. The van der Waals surface area contributed by atoms with E-state index in [1.807, 2.05) is 6.07 Å². The second kappa shape index (κ2) is 9.32. The van der Waals surface area contributed by atoms with E-state index in [4.69, 9.17) is 10.00 Å². The first kappa shape index (κ1) is 21.7. The highest BCUT2D eigenvalue weighted by Gasteiger charge is 2.44. The van der Waals surface area contributed by atoms with E-state index in [0.717, 1.165) is 10.5 Å². The minimum Gasteiger partial charge on any atom is -0.497 e. The van der Waals surface area contributed by atoms with Crippen LogP contribution in [0.2, 0.25) is 0 Å². The molecule has 164 valence electrons. The van der Waals surface area contributed by atoms with E-state index in [9.17, 15) is 14.4 Å². The molecule has 1 unspecified atom stereocenters. The first-order valence-corrected chi connectivity index (χ1v) is 10.2. The molecule has 0 spiro atoms. The molecule has 3 amide bonds. The van der Waals surface area contributed by atoms with Gasteiger partial charge in [0.2, 0.25) is 5.91 Å². The second-order valence-corrected chi connectivity index (χ2v) is 7.47. The Balaban J connectivity index is 1.67. The summed E-state index contributed by atoms with van der Waals surface area (Å²) < 4.78 is 5.16. The lowest BCUT2D eigenvalue weighted by Gasteiger charge is -2.28. The van der Waals surface area contributed by atoms with E-state index in [2.05, 4.69) is 4.98 Å². The van der Waals surface area contributed by atoms with Gasteiger partial charge in [-0.05, 0) is 60.2 Å². The number of methoxy groups -OCH3 is 1. The number of nitriles is 1. The number of aromatic nitrogens is 1. The van der Waals surface area contributed by atoms with Gasteiger partial charge in [0.15, 0.2) is 0 Å². The van der Waals surface area contributed by atoms with Crippen molar-refractivity contribution in [3.05, 3.63) is 89.7 Å². The summed E-state index contributed by atoms with van der Waals surface area (Å²) >= 11 is 0. The molecule has 2 aromatic carbocycles. The molecule has 0 N–H and O–H groups in total. The van der Waals surface area contributed by atoms with E-state index in [-0.39, 0.29) is 18.9 Å². The van der Waals surface area contributed by atoms with Crippen molar-refractivity contribution in [3.63, 3.8) is 0 Å². The maximum Gasteiger partial charge on any atom is 0.257 e. The maximum absolute atomic E-state index is 13.5. The number of imide groups is 1. The fourth-order valence-corrected chi connectivity index (χ4v) is 3.73. The fourth-order valence-electron chi connectivity index (χ4n) is 3.73. The Labute approximate surface area is 190 Å². The number of hydrogen-bond acceptors (Lipinski definition) is 6. The molecule has 33 heavy (non-hydrogen) atoms. The lowest BCUT2D eigenvalue weighted by Crippen LogP contribution is -2.45. The third-order valence-electron chi connectivity index (χ3n) is 5.43. The van der Waals surface area contributed by atoms with Gasteiger partial charge in [0.1, 0.15) is 11.8 Å². The number of anilines is 1. The molecule has 1 atom stereocenters. The Morgan fingerprint density at radius 1 is 1.15 bits per heavy atom. The number of hydrogen-bond donors (Lipinski definition) is 0. The molecule has 3 aromatic rings. The van der Waals surface area contributed by atoms with Gasteiger partial charge in [0.25, 0.3) is 11.8 Å². The highest BCUT2D eigenvalue weighted by Crippen LogP contribution is 2.28. The molecule has 0 aliphatic carbocycles. The van der Waals surface area contributed by atoms with E-state index >= 15 is 0 Å². The highest BCUT2D eigenvalue weighted by molar-refractivity contribution is 6.23. The lowest BCUT2D eigenvalue weighted by molar-refractivity contribution is -0.122. The molecule has 1 aromatic heterocycles. The van der Waals surface area contributed by atoms with Crippen LogP contribution in [0.1, 0.15) is 27.9 Å². The average molecular weight is 440 g/mol. The van der Waals surface area contributed by atoms with Gasteiger partial charge in [-0.25, -0.2) is 4.90 Å². The number of amides is 3. The molecule has 8 nitrogen and oxygen atoms in total. The van der Waals surface area contributed by atoms with E-state index in [1.54, 1.807) is 73.1 Å².